The Balaban J connectivity index is 1.96. The van der Waals surface area contributed by atoms with Crippen molar-refractivity contribution in [2.75, 3.05) is 34.2 Å². The Hall–Kier alpha value is -2.34. The Morgan fingerprint density at radius 2 is 1.96 bits per heavy atom. The van der Waals surface area contributed by atoms with E-state index in [-0.39, 0.29) is 6.03 Å². The van der Waals surface area contributed by atoms with Crippen molar-refractivity contribution in [3.05, 3.63) is 47.3 Å². The second-order valence-electron chi connectivity index (χ2n) is 7.42. The summed E-state index contributed by atoms with van der Waals surface area (Å²) in [5.41, 5.74) is 4.19. The van der Waals surface area contributed by atoms with E-state index in [1.165, 1.54) is 0 Å². The number of aryl methyl sites for hydroxylation is 2. The molecule has 0 aliphatic rings. The average molecular weight is 358 g/mol. The lowest BCUT2D eigenvalue weighted by atomic mass is 10.1. The maximum absolute atomic E-state index is 12.3. The largest absolute Gasteiger partial charge is 0.338 e. The molecule has 1 aromatic carbocycles. The fourth-order valence-electron chi connectivity index (χ4n) is 3.11. The zero-order valence-corrected chi connectivity index (χ0v) is 16.8. The molecule has 26 heavy (non-hydrogen) atoms. The highest BCUT2D eigenvalue weighted by atomic mass is 16.2. The number of carbonyl (C=O) groups excluding carboxylic acids is 1. The Morgan fingerprint density at radius 3 is 2.58 bits per heavy atom. The van der Waals surface area contributed by atoms with Gasteiger partial charge in [0.15, 0.2) is 0 Å². The molecule has 0 aliphatic carbocycles. The molecule has 2 aromatic rings. The van der Waals surface area contributed by atoms with Crippen LogP contribution >= 0.6 is 0 Å². The molecule has 2 amide bonds. The van der Waals surface area contributed by atoms with Gasteiger partial charge in [0.1, 0.15) is 0 Å². The van der Waals surface area contributed by atoms with Gasteiger partial charge in [0.25, 0.3) is 0 Å². The van der Waals surface area contributed by atoms with Crippen LogP contribution in [-0.2, 0) is 6.54 Å². The second-order valence-corrected chi connectivity index (χ2v) is 7.42. The molecule has 1 heterocycles. The summed E-state index contributed by atoms with van der Waals surface area (Å²) in [6.45, 7) is 8.35. The van der Waals surface area contributed by atoms with E-state index in [1.807, 2.05) is 57.9 Å². The molecule has 0 fully saturated rings. The number of benzene rings is 1. The number of hydrogen-bond donors (Lipinski definition) is 1. The number of rotatable bonds is 7. The van der Waals surface area contributed by atoms with Crippen LogP contribution in [0.3, 0.4) is 0 Å². The predicted molar refractivity (Wildman–Crippen MR) is 106 cm³/mol. The number of urea groups is 1. The van der Waals surface area contributed by atoms with E-state index in [4.69, 9.17) is 0 Å². The second kappa shape index (κ2) is 8.85. The van der Waals surface area contributed by atoms with Gasteiger partial charge < -0.3 is 15.1 Å². The van der Waals surface area contributed by atoms with Crippen LogP contribution in [-0.4, -0.2) is 59.8 Å². The van der Waals surface area contributed by atoms with Crippen molar-refractivity contribution in [2.24, 2.45) is 5.92 Å². The van der Waals surface area contributed by atoms with Crippen molar-refractivity contribution in [1.29, 1.82) is 0 Å². The molecule has 0 saturated heterocycles. The zero-order chi connectivity index (χ0) is 19.3. The molecule has 1 aromatic heterocycles. The summed E-state index contributed by atoms with van der Waals surface area (Å²) in [7, 11) is 5.91. The normalized spacial score (nSPS) is 12.3. The summed E-state index contributed by atoms with van der Waals surface area (Å²) in [4.78, 5) is 16.2. The molecule has 142 valence electrons. The third-order valence-electron chi connectivity index (χ3n) is 4.21. The fourth-order valence-corrected chi connectivity index (χ4v) is 3.11. The van der Waals surface area contributed by atoms with Crippen molar-refractivity contribution in [3.8, 4) is 5.69 Å². The molecule has 0 bridgehead atoms. The van der Waals surface area contributed by atoms with Crippen molar-refractivity contribution in [2.45, 2.75) is 27.3 Å². The highest BCUT2D eigenvalue weighted by Crippen LogP contribution is 2.15. The molecule has 6 heteroatoms. The molecule has 2 rings (SSSR count). The molecule has 1 atom stereocenters. The number of carbonyl (C=O) groups is 1. The minimum atomic E-state index is -0.0490. The maximum Gasteiger partial charge on any atom is 0.317 e. The highest BCUT2D eigenvalue weighted by Gasteiger charge is 2.12. The van der Waals surface area contributed by atoms with Crippen LogP contribution in [0.2, 0.25) is 0 Å². The van der Waals surface area contributed by atoms with Crippen molar-refractivity contribution in [1.82, 2.24) is 24.9 Å². The number of amides is 2. The highest BCUT2D eigenvalue weighted by molar-refractivity contribution is 5.73. The average Bonchev–Trinajstić information content (AvgIpc) is 2.90. The van der Waals surface area contributed by atoms with Gasteiger partial charge in [0.2, 0.25) is 0 Å². The van der Waals surface area contributed by atoms with Gasteiger partial charge in [0, 0.05) is 32.4 Å². The Kier molecular flexibility index (Phi) is 6.80. The lowest BCUT2D eigenvalue weighted by Gasteiger charge is -2.21. The van der Waals surface area contributed by atoms with Gasteiger partial charge >= 0.3 is 6.03 Å². The number of nitrogens with zero attached hydrogens (tertiary/aromatic N) is 4. The molecule has 1 N–H and O–H groups in total. The Morgan fingerprint density at radius 1 is 1.23 bits per heavy atom. The van der Waals surface area contributed by atoms with Gasteiger partial charge in [-0.3, -0.25) is 0 Å². The SMILES string of the molecule is Cc1cc(C)n(-c2cccc(CN(C)C(=O)NCC(C)CN(C)C)c2)n1. The van der Waals surface area contributed by atoms with E-state index in [2.05, 4.69) is 34.4 Å². The first-order chi connectivity index (χ1) is 12.3. The summed E-state index contributed by atoms with van der Waals surface area (Å²) in [6, 6.07) is 10.2. The first-order valence-electron chi connectivity index (χ1n) is 9.02. The van der Waals surface area contributed by atoms with E-state index in [9.17, 15) is 4.79 Å². The van der Waals surface area contributed by atoms with Crippen molar-refractivity contribution < 1.29 is 4.79 Å². The lowest BCUT2D eigenvalue weighted by Crippen LogP contribution is -2.40. The van der Waals surface area contributed by atoms with E-state index in [0.29, 0.717) is 19.0 Å². The Bertz CT molecular complexity index is 738. The monoisotopic (exact) mass is 357 g/mol. The molecule has 6 nitrogen and oxygen atoms in total. The topological polar surface area (TPSA) is 53.4 Å². The van der Waals surface area contributed by atoms with Crippen molar-refractivity contribution >= 4 is 6.03 Å². The summed E-state index contributed by atoms with van der Waals surface area (Å²) < 4.78 is 1.93. The standard InChI is InChI=1S/C20H31N5O/c1-15(13-23(4)5)12-21-20(26)24(6)14-18-8-7-9-19(11-18)25-17(3)10-16(2)22-25/h7-11,15H,12-14H2,1-6H3,(H,21,26). The van der Waals surface area contributed by atoms with Gasteiger partial charge in [-0.15, -0.1) is 0 Å². The summed E-state index contributed by atoms with van der Waals surface area (Å²) >= 11 is 0. The van der Waals surface area contributed by atoms with Crippen LogP contribution in [0, 0.1) is 19.8 Å². The van der Waals surface area contributed by atoms with Crippen LogP contribution in [0.4, 0.5) is 4.79 Å². The van der Waals surface area contributed by atoms with Crippen LogP contribution in [0.1, 0.15) is 23.9 Å². The number of aromatic nitrogens is 2. The lowest BCUT2D eigenvalue weighted by molar-refractivity contribution is 0.203. The third-order valence-corrected chi connectivity index (χ3v) is 4.21. The Labute approximate surface area is 156 Å². The molecule has 0 spiro atoms. The van der Waals surface area contributed by atoms with Gasteiger partial charge in [-0.25, -0.2) is 9.48 Å². The minimum Gasteiger partial charge on any atom is -0.338 e. The summed E-state index contributed by atoms with van der Waals surface area (Å²) in [6.07, 6.45) is 0. The first-order valence-corrected chi connectivity index (χ1v) is 9.02. The zero-order valence-electron chi connectivity index (χ0n) is 16.8. The quantitative estimate of drug-likeness (QED) is 0.829. The molecule has 0 saturated carbocycles. The smallest absolute Gasteiger partial charge is 0.317 e. The summed E-state index contributed by atoms with van der Waals surface area (Å²) in [5, 5.41) is 7.54. The van der Waals surface area contributed by atoms with E-state index in [1.54, 1.807) is 4.90 Å². The molecular formula is C20H31N5O. The van der Waals surface area contributed by atoms with Crippen LogP contribution in [0.5, 0.6) is 0 Å². The number of hydrogen-bond acceptors (Lipinski definition) is 3. The van der Waals surface area contributed by atoms with Gasteiger partial charge in [-0.2, -0.15) is 5.10 Å². The van der Waals surface area contributed by atoms with Crippen LogP contribution in [0.15, 0.2) is 30.3 Å². The van der Waals surface area contributed by atoms with Crippen molar-refractivity contribution in [3.63, 3.8) is 0 Å². The maximum atomic E-state index is 12.3. The van der Waals surface area contributed by atoms with E-state index in [0.717, 1.165) is 29.2 Å². The van der Waals surface area contributed by atoms with Crippen LogP contribution < -0.4 is 5.32 Å². The van der Waals surface area contributed by atoms with Gasteiger partial charge in [-0.1, -0.05) is 19.1 Å². The van der Waals surface area contributed by atoms with E-state index >= 15 is 0 Å². The fraction of sp³-hybridized carbons (Fsp3) is 0.500. The minimum absolute atomic E-state index is 0.0490. The molecule has 0 radical (unpaired) electrons. The van der Waals surface area contributed by atoms with Gasteiger partial charge in [0.05, 0.1) is 11.4 Å². The van der Waals surface area contributed by atoms with Crippen LogP contribution in [0.25, 0.3) is 5.69 Å². The molecule has 1 unspecified atom stereocenters. The first kappa shape index (κ1) is 20.0. The molecule has 0 aliphatic heterocycles. The number of nitrogens with one attached hydrogen (secondary N) is 1. The van der Waals surface area contributed by atoms with E-state index < -0.39 is 0 Å². The third kappa shape index (κ3) is 5.59. The molecular weight excluding hydrogens is 326 g/mol. The van der Waals surface area contributed by atoms with Gasteiger partial charge in [-0.05, 0) is 57.6 Å². The summed E-state index contributed by atoms with van der Waals surface area (Å²) in [5.74, 6) is 0.414. The predicted octanol–water partition coefficient (Wildman–Crippen LogP) is 2.83.